The second kappa shape index (κ2) is 9.76. The Kier molecular flexibility index (Phi) is 6.62. The zero-order chi connectivity index (χ0) is 23.4. The van der Waals surface area contributed by atoms with Crippen LogP contribution in [-0.2, 0) is 13.2 Å². The van der Waals surface area contributed by atoms with Crippen molar-refractivity contribution in [3.8, 4) is 17.6 Å². The van der Waals surface area contributed by atoms with E-state index in [-0.39, 0.29) is 12.2 Å². The quantitative estimate of drug-likeness (QED) is 0.295. The number of nitriles is 1. The van der Waals surface area contributed by atoms with Gasteiger partial charge in [0.1, 0.15) is 18.5 Å². The van der Waals surface area contributed by atoms with Gasteiger partial charge in [0.15, 0.2) is 17.3 Å². The van der Waals surface area contributed by atoms with Gasteiger partial charge in [-0.2, -0.15) is 5.26 Å². The van der Waals surface area contributed by atoms with Crippen molar-refractivity contribution in [3.63, 3.8) is 0 Å². The van der Waals surface area contributed by atoms with E-state index in [0.29, 0.717) is 34.5 Å². The molecule has 166 valence electrons. The van der Waals surface area contributed by atoms with Crippen molar-refractivity contribution in [2.24, 2.45) is 0 Å². The number of allylic oxidation sites excluding steroid dienone is 1. The van der Waals surface area contributed by atoms with Gasteiger partial charge in [-0.25, -0.2) is 9.37 Å². The molecule has 0 aliphatic heterocycles. The second-order valence-electron chi connectivity index (χ2n) is 7.24. The Balaban J connectivity index is 1.65. The lowest BCUT2D eigenvalue weighted by molar-refractivity contribution is 0.280. The van der Waals surface area contributed by atoms with Gasteiger partial charge in [-0.15, -0.1) is 0 Å². The van der Waals surface area contributed by atoms with E-state index in [1.54, 1.807) is 36.4 Å². The van der Waals surface area contributed by atoms with Crippen molar-refractivity contribution in [2.75, 3.05) is 7.11 Å². The molecule has 0 saturated carbocycles. The number of aryl methyl sites for hydroxylation is 1. The number of aromatic nitrogens is 2. The summed E-state index contributed by atoms with van der Waals surface area (Å²) >= 11 is 6.08. The molecule has 0 aliphatic carbocycles. The summed E-state index contributed by atoms with van der Waals surface area (Å²) in [6, 6.07) is 19.8. The van der Waals surface area contributed by atoms with Gasteiger partial charge in [0.05, 0.1) is 28.7 Å². The summed E-state index contributed by atoms with van der Waals surface area (Å²) in [5.41, 5.74) is 3.26. The number of hydrogen-bond acceptors (Lipinski definition) is 4. The van der Waals surface area contributed by atoms with Crippen LogP contribution >= 0.6 is 11.6 Å². The number of para-hydroxylation sites is 2. The minimum absolute atomic E-state index is 0.0407. The molecule has 1 heterocycles. The molecule has 4 rings (SSSR count). The SMILES string of the molecule is CCn1c(C(C#N)=Cc2ccc(OCc3c(F)cccc3Cl)c(OC)c2)nc2ccccc21. The summed E-state index contributed by atoms with van der Waals surface area (Å²) in [4.78, 5) is 4.66. The minimum atomic E-state index is -0.432. The molecule has 0 saturated heterocycles. The Labute approximate surface area is 196 Å². The van der Waals surface area contributed by atoms with Crippen LogP contribution in [0.25, 0.3) is 22.7 Å². The molecule has 0 spiro atoms. The van der Waals surface area contributed by atoms with Gasteiger partial charge in [0, 0.05) is 12.1 Å². The van der Waals surface area contributed by atoms with Crippen molar-refractivity contribution in [1.29, 1.82) is 5.26 Å². The van der Waals surface area contributed by atoms with Crippen LogP contribution < -0.4 is 9.47 Å². The smallest absolute Gasteiger partial charge is 0.161 e. The first-order valence-corrected chi connectivity index (χ1v) is 10.7. The topological polar surface area (TPSA) is 60.1 Å². The highest BCUT2D eigenvalue weighted by Gasteiger charge is 2.15. The molecule has 3 aromatic carbocycles. The highest BCUT2D eigenvalue weighted by Crippen LogP contribution is 2.32. The summed E-state index contributed by atoms with van der Waals surface area (Å²) in [6.45, 7) is 2.66. The number of imidazole rings is 1. The van der Waals surface area contributed by atoms with E-state index in [1.807, 2.05) is 35.8 Å². The van der Waals surface area contributed by atoms with Gasteiger partial charge in [-0.3, -0.25) is 0 Å². The predicted octanol–water partition coefficient (Wildman–Crippen LogP) is 6.50. The Morgan fingerprint density at radius 3 is 2.70 bits per heavy atom. The normalized spacial score (nSPS) is 11.4. The molecule has 5 nitrogen and oxygen atoms in total. The summed E-state index contributed by atoms with van der Waals surface area (Å²) in [5, 5.41) is 10.2. The lowest BCUT2D eigenvalue weighted by Gasteiger charge is -2.13. The molecule has 4 aromatic rings. The van der Waals surface area contributed by atoms with Gasteiger partial charge in [-0.1, -0.05) is 35.9 Å². The molecule has 0 radical (unpaired) electrons. The Hall–Kier alpha value is -3.82. The van der Waals surface area contributed by atoms with Crippen molar-refractivity contribution < 1.29 is 13.9 Å². The zero-order valence-corrected chi connectivity index (χ0v) is 18.9. The maximum atomic E-state index is 14.0. The fourth-order valence-corrected chi connectivity index (χ4v) is 3.85. The Bertz CT molecular complexity index is 1370. The molecule has 7 heteroatoms. The third-order valence-electron chi connectivity index (χ3n) is 5.26. The Morgan fingerprint density at radius 2 is 1.97 bits per heavy atom. The lowest BCUT2D eigenvalue weighted by atomic mass is 10.1. The van der Waals surface area contributed by atoms with Crippen LogP contribution in [0.1, 0.15) is 23.9 Å². The van der Waals surface area contributed by atoms with E-state index in [4.69, 9.17) is 21.1 Å². The summed E-state index contributed by atoms with van der Waals surface area (Å²) in [7, 11) is 1.52. The standard InChI is InChI=1S/C26H21ClFN3O2/c1-3-31-23-10-5-4-9-22(23)30-26(31)18(15-29)13-17-11-12-24(25(14-17)32-2)33-16-19-20(27)7-6-8-21(19)28/h4-14H,3,16H2,1-2H3. The van der Waals surface area contributed by atoms with Crippen molar-refractivity contribution >= 4 is 34.3 Å². The minimum Gasteiger partial charge on any atom is -0.493 e. The Morgan fingerprint density at radius 1 is 1.15 bits per heavy atom. The maximum absolute atomic E-state index is 14.0. The van der Waals surface area contributed by atoms with Crippen LogP contribution in [0.15, 0.2) is 60.7 Å². The fraction of sp³-hybridized carbons (Fsp3) is 0.154. The van der Waals surface area contributed by atoms with Gasteiger partial charge in [0.25, 0.3) is 0 Å². The molecule has 33 heavy (non-hydrogen) atoms. The van der Waals surface area contributed by atoms with Crippen molar-refractivity contribution in [2.45, 2.75) is 20.1 Å². The summed E-state index contributed by atoms with van der Waals surface area (Å²) < 4.78 is 27.3. The number of hydrogen-bond donors (Lipinski definition) is 0. The first kappa shape index (κ1) is 22.4. The maximum Gasteiger partial charge on any atom is 0.161 e. The van der Waals surface area contributed by atoms with Crippen LogP contribution in [-0.4, -0.2) is 16.7 Å². The monoisotopic (exact) mass is 461 g/mol. The molecule has 0 atom stereocenters. The van der Waals surface area contributed by atoms with Crippen molar-refractivity contribution in [1.82, 2.24) is 9.55 Å². The van der Waals surface area contributed by atoms with Crippen LogP contribution in [0.2, 0.25) is 5.02 Å². The number of nitrogens with zero attached hydrogens (tertiary/aromatic N) is 3. The average Bonchev–Trinajstić information content (AvgIpc) is 3.21. The number of halogens is 2. The molecule has 0 amide bonds. The molecule has 0 N–H and O–H groups in total. The van der Waals surface area contributed by atoms with Crippen LogP contribution in [0.5, 0.6) is 11.5 Å². The molecular formula is C26H21ClFN3O2. The fourth-order valence-electron chi connectivity index (χ4n) is 3.63. The van der Waals surface area contributed by atoms with Crippen LogP contribution in [0.4, 0.5) is 4.39 Å². The molecular weight excluding hydrogens is 441 g/mol. The van der Waals surface area contributed by atoms with E-state index in [0.717, 1.165) is 16.6 Å². The zero-order valence-electron chi connectivity index (χ0n) is 18.2. The van der Waals surface area contributed by atoms with Crippen LogP contribution in [0, 0.1) is 17.1 Å². The summed E-state index contributed by atoms with van der Waals surface area (Å²) in [6.07, 6.45) is 1.76. The highest BCUT2D eigenvalue weighted by atomic mass is 35.5. The van der Waals surface area contributed by atoms with Crippen LogP contribution in [0.3, 0.4) is 0 Å². The van der Waals surface area contributed by atoms with E-state index < -0.39 is 5.82 Å². The largest absolute Gasteiger partial charge is 0.493 e. The second-order valence-corrected chi connectivity index (χ2v) is 7.64. The number of benzene rings is 3. The number of ether oxygens (including phenoxy) is 2. The third kappa shape index (κ3) is 4.55. The predicted molar refractivity (Wildman–Crippen MR) is 128 cm³/mol. The van der Waals surface area contributed by atoms with Gasteiger partial charge < -0.3 is 14.0 Å². The van der Waals surface area contributed by atoms with E-state index in [9.17, 15) is 9.65 Å². The first-order chi connectivity index (χ1) is 16.0. The third-order valence-corrected chi connectivity index (χ3v) is 5.62. The number of fused-ring (bicyclic) bond motifs is 1. The molecule has 1 aromatic heterocycles. The summed E-state index contributed by atoms with van der Waals surface area (Å²) in [5.74, 6) is 1.07. The highest BCUT2D eigenvalue weighted by molar-refractivity contribution is 6.31. The lowest BCUT2D eigenvalue weighted by Crippen LogP contribution is -2.01. The molecule has 0 fully saturated rings. The number of methoxy groups -OCH3 is 1. The van der Waals surface area contributed by atoms with E-state index in [2.05, 4.69) is 11.1 Å². The molecule has 0 aliphatic rings. The van der Waals surface area contributed by atoms with Gasteiger partial charge >= 0.3 is 0 Å². The first-order valence-electron chi connectivity index (χ1n) is 10.4. The van der Waals surface area contributed by atoms with Gasteiger partial charge in [-0.05, 0) is 55.0 Å². The molecule has 0 unspecified atom stereocenters. The molecule has 0 bridgehead atoms. The number of rotatable bonds is 7. The van der Waals surface area contributed by atoms with E-state index >= 15 is 0 Å². The van der Waals surface area contributed by atoms with E-state index in [1.165, 1.54) is 13.2 Å². The van der Waals surface area contributed by atoms with Gasteiger partial charge in [0.2, 0.25) is 0 Å². The average molecular weight is 462 g/mol. The van der Waals surface area contributed by atoms with Crippen molar-refractivity contribution in [3.05, 3.63) is 88.5 Å².